The number of hydrogen-bond acceptors (Lipinski definition) is 4. The van der Waals surface area contributed by atoms with Crippen LogP contribution >= 0.6 is 0 Å². The molecule has 0 radical (unpaired) electrons. The predicted molar refractivity (Wildman–Crippen MR) is 91.1 cm³/mol. The number of methoxy groups -OCH3 is 1. The average molecular weight is 345 g/mol. The minimum absolute atomic E-state index is 0.209. The Morgan fingerprint density at radius 3 is 2.52 bits per heavy atom. The molecule has 1 N–H and O–H groups in total. The number of benzene rings is 1. The van der Waals surface area contributed by atoms with Crippen molar-refractivity contribution in [2.45, 2.75) is 37.8 Å². The monoisotopic (exact) mass is 345 g/mol. The topological polar surface area (TPSA) is 79.0 Å². The van der Waals surface area contributed by atoms with Crippen molar-refractivity contribution in [2.24, 2.45) is 0 Å². The van der Waals surface area contributed by atoms with Gasteiger partial charge in [0.15, 0.2) is 0 Å². The molecule has 1 saturated carbocycles. The Hall–Kier alpha value is -2.57. The van der Waals surface area contributed by atoms with Crippen LogP contribution in [0.1, 0.15) is 25.3 Å². The molecular formula is C18H23N3O4. The maximum Gasteiger partial charge on any atom is 0.325 e. The molecule has 1 aromatic rings. The van der Waals surface area contributed by atoms with Crippen molar-refractivity contribution < 1.29 is 19.1 Å². The highest BCUT2D eigenvalue weighted by atomic mass is 16.5. The van der Waals surface area contributed by atoms with Crippen molar-refractivity contribution in [3.8, 4) is 5.75 Å². The number of carbonyl (C=O) groups excluding carboxylic acids is 3. The number of imide groups is 1. The Labute approximate surface area is 146 Å². The first-order valence-electron chi connectivity index (χ1n) is 8.37. The van der Waals surface area contributed by atoms with Crippen LogP contribution in [0.3, 0.4) is 0 Å². The molecule has 0 bridgehead atoms. The lowest BCUT2D eigenvalue weighted by Gasteiger charge is -2.23. The molecule has 7 heteroatoms. The summed E-state index contributed by atoms with van der Waals surface area (Å²) in [5, 5.41) is 2.73. The fourth-order valence-electron chi connectivity index (χ4n) is 3.07. The highest BCUT2D eigenvalue weighted by Crippen LogP contribution is 2.27. The molecule has 134 valence electrons. The van der Waals surface area contributed by atoms with E-state index in [9.17, 15) is 14.4 Å². The first-order chi connectivity index (χ1) is 11.8. The van der Waals surface area contributed by atoms with E-state index < -0.39 is 11.6 Å². The molecule has 25 heavy (non-hydrogen) atoms. The number of urea groups is 1. The number of carbonyl (C=O) groups is 3. The maximum atomic E-state index is 12.8. The normalized spacial score (nSPS) is 22.8. The van der Waals surface area contributed by atoms with E-state index in [1.165, 1.54) is 0 Å². The van der Waals surface area contributed by atoms with Crippen LogP contribution in [0.25, 0.3) is 0 Å². The van der Waals surface area contributed by atoms with Gasteiger partial charge in [-0.15, -0.1) is 0 Å². The Balaban J connectivity index is 1.69. The quantitative estimate of drug-likeness (QED) is 0.785. The molecule has 1 aliphatic heterocycles. The van der Waals surface area contributed by atoms with Gasteiger partial charge in [0, 0.05) is 19.5 Å². The van der Waals surface area contributed by atoms with Crippen molar-refractivity contribution in [3.63, 3.8) is 0 Å². The van der Waals surface area contributed by atoms with Crippen LogP contribution in [0.4, 0.5) is 4.79 Å². The average Bonchev–Trinajstić information content (AvgIpc) is 3.40. The SMILES string of the molecule is COc1ccc(C[C@@]2(C)NC(=O)N(CC(=O)N(C)C3CC3)C2=O)cc1. The lowest BCUT2D eigenvalue weighted by atomic mass is 9.93. The summed E-state index contributed by atoms with van der Waals surface area (Å²) in [5.74, 6) is 0.150. The smallest absolute Gasteiger partial charge is 0.325 e. The minimum Gasteiger partial charge on any atom is -0.497 e. The van der Waals surface area contributed by atoms with E-state index in [0.29, 0.717) is 6.42 Å². The fourth-order valence-corrected chi connectivity index (χ4v) is 3.07. The maximum absolute atomic E-state index is 12.8. The molecule has 1 heterocycles. The van der Waals surface area contributed by atoms with Crippen LogP contribution in [-0.2, 0) is 16.0 Å². The molecule has 1 aliphatic carbocycles. The van der Waals surface area contributed by atoms with E-state index in [1.54, 1.807) is 26.0 Å². The minimum atomic E-state index is -1.05. The number of likely N-dealkylation sites (N-methyl/N-ethyl adjacent to an activating group) is 1. The van der Waals surface area contributed by atoms with E-state index in [-0.39, 0.29) is 24.4 Å². The first-order valence-corrected chi connectivity index (χ1v) is 8.37. The van der Waals surface area contributed by atoms with Crippen molar-refractivity contribution in [3.05, 3.63) is 29.8 Å². The molecule has 3 rings (SSSR count). The predicted octanol–water partition coefficient (Wildman–Crippen LogP) is 1.17. The standard InChI is InChI=1S/C18H23N3O4/c1-18(10-12-4-8-14(25-3)9-5-12)16(23)21(17(24)19-18)11-15(22)20(2)13-6-7-13/h4-5,8-9,13H,6-7,10-11H2,1-3H3,(H,19,24)/t18-/m1/s1. The summed E-state index contributed by atoms with van der Waals surface area (Å²) < 4.78 is 5.12. The number of ether oxygens (including phenoxy) is 1. The number of nitrogens with zero attached hydrogens (tertiary/aromatic N) is 2. The highest BCUT2D eigenvalue weighted by Gasteiger charge is 2.48. The van der Waals surface area contributed by atoms with Gasteiger partial charge < -0.3 is 15.0 Å². The molecule has 0 unspecified atom stereocenters. The third kappa shape index (κ3) is 3.45. The lowest BCUT2D eigenvalue weighted by Crippen LogP contribution is -2.47. The summed E-state index contributed by atoms with van der Waals surface area (Å²) in [7, 11) is 3.31. The van der Waals surface area contributed by atoms with Gasteiger partial charge in [-0.3, -0.25) is 14.5 Å². The Kier molecular flexibility index (Phi) is 4.41. The van der Waals surface area contributed by atoms with Crippen LogP contribution in [0.15, 0.2) is 24.3 Å². The zero-order valence-corrected chi connectivity index (χ0v) is 14.7. The second-order valence-electron chi connectivity index (χ2n) is 6.91. The molecule has 1 atom stereocenters. The number of hydrogen-bond donors (Lipinski definition) is 1. The summed E-state index contributed by atoms with van der Waals surface area (Å²) in [6.07, 6.45) is 2.32. The van der Waals surface area contributed by atoms with E-state index >= 15 is 0 Å². The second-order valence-corrected chi connectivity index (χ2v) is 6.91. The third-order valence-corrected chi connectivity index (χ3v) is 4.84. The Morgan fingerprint density at radius 1 is 1.32 bits per heavy atom. The molecule has 0 aromatic heterocycles. The summed E-state index contributed by atoms with van der Waals surface area (Å²) in [6.45, 7) is 1.47. The summed E-state index contributed by atoms with van der Waals surface area (Å²) in [6, 6.07) is 7.08. The van der Waals surface area contributed by atoms with E-state index in [4.69, 9.17) is 4.74 Å². The van der Waals surface area contributed by atoms with Crippen LogP contribution in [0.5, 0.6) is 5.75 Å². The number of rotatable bonds is 6. The number of nitrogens with one attached hydrogen (secondary N) is 1. The molecule has 1 aromatic carbocycles. The fraction of sp³-hybridized carbons (Fsp3) is 0.500. The van der Waals surface area contributed by atoms with Gasteiger partial charge in [-0.1, -0.05) is 12.1 Å². The Bertz CT molecular complexity index is 699. The van der Waals surface area contributed by atoms with E-state index in [0.717, 1.165) is 29.1 Å². The molecule has 2 aliphatic rings. The largest absolute Gasteiger partial charge is 0.497 e. The molecule has 4 amide bonds. The lowest BCUT2D eigenvalue weighted by molar-refractivity contribution is -0.138. The number of amides is 4. The molecule has 2 fully saturated rings. The van der Waals surface area contributed by atoms with Gasteiger partial charge in [0.2, 0.25) is 5.91 Å². The van der Waals surface area contributed by atoms with Crippen molar-refractivity contribution in [1.82, 2.24) is 15.1 Å². The van der Waals surface area contributed by atoms with E-state index in [2.05, 4.69) is 5.32 Å². The summed E-state index contributed by atoms with van der Waals surface area (Å²) in [4.78, 5) is 39.9. The van der Waals surface area contributed by atoms with Crippen LogP contribution < -0.4 is 10.1 Å². The molecule has 0 spiro atoms. The second kappa shape index (κ2) is 6.38. The van der Waals surface area contributed by atoms with Crippen LogP contribution in [0, 0.1) is 0 Å². The zero-order chi connectivity index (χ0) is 18.2. The molecular weight excluding hydrogens is 322 g/mol. The highest BCUT2D eigenvalue weighted by molar-refractivity contribution is 6.08. The van der Waals surface area contributed by atoms with Gasteiger partial charge in [0.05, 0.1) is 7.11 Å². The summed E-state index contributed by atoms with van der Waals surface area (Å²) in [5.41, 5.74) is -0.148. The van der Waals surface area contributed by atoms with Crippen molar-refractivity contribution in [2.75, 3.05) is 20.7 Å². The molecule has 7 nitrogen and oxygen atoms in total. The summed E-state index contributed by atoms with van der Waals surface area (Å²) >= 11 is 0. The van der Waals surface area contributed by atoms with Gasteiger partial charge in [0.1, 0.15) is 17.8 Å². The first kappa shape index (κ1) is 17.3. The van der Waals surface area contributed by atoms with Crippen molar-refractivity contribution >= 4 is 17.8 Å². The third-order valence-electron chi connectivity index (χ3n) is 4.84. The van der Waals surface area contributed by atoms with Gasteiger partial charge in [-0.05, 0) is 37.5 Å². The van der Waals surface area contributed by atoms with Crippen LogP contribution in [0.2, 0.25) is 0 Å². The van der Waals surface area contributed by atoms with Gasteiger partial charge in [0.25, 0.3) is 5.91 Å². The van der Waals surface area contributed by atoms with E-state index in [1.807, 2.05) is 24.3 Å². The Morgan fingerprint density at radius 2 is 1.96 bits per heavy atom. The molecule has 1 saturated heterocycles. The van der Waals surface area contributed by atoms with Gasteiger partial charge in [-0.2, -0.15) is 0 Å². The van der Waals surface area contributed by atoms with Crippen molar-refractivity contribution in [1.29, 1.82) is 0 Å². The van der Waals surface area contributed by atoms with Gasteiger partial charge in [-0.25, -0.2) is 4.79 Å². The zero-order valence-electron chi connectivity index (χ0n) is 14.7. The van der Waals surface area contributed by atoms with Crippen LogP contribution in [-0.4, -0.2) is 59.9 Å². The van der Waals surface area contributed by atoms with Gasteiger partial charge >= 0.3 is 6.03 Å².